The summed E-state index contributed by atoms with van der Waals surface area (Å²) in [5, 5.41) is 3.83. The van der Waals surface area contributed by atoms with Crippen molar-refractivity contribution >= 4 is 17.2 Å². The van der Waals surface area contributed by atoms with Crippen LogP contribution in [-0.2, 0) is 4.79 Å². The summed E-state index contributed by atoms with van der Waals surface area (Å²) in [5.74, 6) is 0.0972. The molecule has 0 radical (unpaired) electrons. The van der Waals surface area contributed by atoms with Crippen molar-refractivity contribution in [3.63, 3.8) is 0 Å². The van der Waals surface area contributed by atoms with Crippen LogP contribution in [-0.4, -0.2) is 16.9 Å². The molecule has 1 amide bonds. The lowest BCUT2D eigenvalue weighted by atomic mass is 9.99. The number of amides is 1. The molecular weight excluding hydrogens is 234 g/mol. The number of hydrogen-bond acceptors (Lipinski definition) is 4. The molecule has 1 rings (SSSR count). The summed E-state index contributed by atoms with van der Waals surface area (Å²) < 4.78 is 0. The third kappa shape index (κ3) is 3.78. The van der Waals surface area contributed by atoms with Gasteiger partial charge in [0.15, 0.2) is 0 Å². The predicted octanol–water partition coefficient (Wildman–Crippen LogP) is 2.00. The first-order valence-corrected chi connectivity index (χ1v) is 6.75. The van der Waals surface area contributed by atoms with Crippen molar-refractivity contribution in [2.24, 2.45) is 11.7 Å². The summed E-state index contributed by atoms with van der Waals surface area (Å²) in [4.78, 5) is 17.3. The van der Waals surface area contributed by atoms with Gasteiger partial charge in [-0.1, -0.05) is 20.3 Å². The molecule has 3 atom stereocenters. The quantitative estimate of drug-likeness (QED) is 0.845. The molecule has 96 valence electrons. The Kier molecular flexibility index (Phi) is 5.08. The summed E-state index contributed by atoms with van der Waals surface area (Å²) in [7, 11) is 0. The van der Waals surface area contributed by atoms with Crippen LogP contribution in [0, 0.1) is 12.8 Å². The Balaban J connectivity index is 2.57. The van der Waals surface area contributed by atoms with E-state index in [1.807, 2.05) is 33.9 Å². The van der Waals surface area contributed by atoms with Gasteiger partial charge in [0.05, 0.1) is 12.1 Å². The van der Waals surface area contributed by atoms with Gasteiger partial charge in [0.25, 0.3) is 0 Å². The fourth-order valence-electron chi connectivity index (χ4n) is 1.46. The minimum atomic E-state index is -0.441. The summed E-state index contributed by atoms with van der Waals surface area (Å²) in [6, 6.07) is -0.514. The first-order valence-electron chi connectivity index (χ1n) is 5.94. The van der Waals surface area contributed by atoms with Gasteiger partial charge in [-0.05, 0) is 19.8 Å². The summed E-state index contributed by atoms with van der Waals surface area (Å²) >= 11 is 1.60. The van der Waals surface area contributed by atoms with Crippen molar-refractivity contribution in [2.45, 2.75) is 46.2 Å². The molecule has 0 bridgehead atoms. The molecule has 1 aromatic heterocycles. The van der Waals surface area contributed by atoms with Crippen LogP contribution in [0.25, 0.3) is 0 Å². The largest absolute Gasteiger partial charge is 0.346 e. The van der Waals surface area contributed by atoms with Crippen LogP contribution in [0.1, 0.15) is 43.1 Å². The maximum Gasteiger partial charge on any atom is 0.237 e. The lowest BCUT2D eigenvalue weighted by Crippen LogP contribution is -2.45. The summed E-state index contributed by atoms with van der Waals surface area (Å²) in [6.45, 7) is 7.95. The van der Waals surface area contributed by atoms with E-state index in [1.54, 1.807) is 11.3 Å². The van der Waals surface area contributed by atoms with E-state index < -0.39 is 6.04 Å². The van der Waals surface area contributed by atoms with E-state index in [2.05, 4.69) is 10.3 Å². The minimum absolute atomic E-state index is 0.0729. The van der Waals surface area contributed by atoms with Crippen molar-refractivity contribution < 1.29 is 4.79 Å². The molecule has 17 heavy (non-hydrogen) atoms. The van der Waals surface area contributed by atoms with E-state index in [4.69, 9.17) is 5.73 Å². The molecule has 0 aliphatic carbocycles. The van der Waals surface area contributed by atoms with Gasteiger partial charge < -0.3 is 11.1 Å². The molecule has 3 N–H and O–H groups in total. The molecule has 1 aromatic rings. The maximum atomic E-state index is 11.9. The van der Waals surface area contributed by atoms with E-state index in [0.717, 1.165) is 16.3 Å². The topological polar surface area (TPSA) is 68.0 Å². The van der Waals surface area contributed by atoms with Gasteiger partial charge in [-0.2, -0.15) is 0 Å². The molecule has 0 fully saturated rings. The maximum absolute atomic E-state index is 11.9. The number of nitrogens with two attached hydrogens (primary N) is 1. The monoisotopic (exact) mass is 255 g/mol. The fraction of sp³-hybridized carbons (Fsp3) is 0.667. The molecule has 0 spiro atoms. The number of nitrogens with zero attached hydrogens (tertiary/aromatic N) is 1. The SMILES string of the molecule is CCC(C)[C@H](N)C(=O)NC(C)c1ncc(C)s1. The smallest absolute Gasteiger partial charge is 0.237 e. The van der Waals surface area contributed by atoms with Gasteiger partial charge in [0.2, 0.25) is 5.91 Å². The average molecular weight is 255 g/mol. The van der Waals surface area contributed by atoms with E-state index in [9.17, 15) is 4.79 Å². The molecule has 2 unspecified atom stereocenters. The molecular formula is C12H21N3OS. The van der Waals surface area contributed by atoms with Crippen molar-refractivity contribution in [1.82, 2.24) is 10.3 Å². The van der Waals surface area contributed by atoms with Crippen LogP contribution in [0.4, 0.5) is 0 Å². The van der Waals surface area contributed by atoms with Gasteiger partial charge in [-0.15, -0.1) is 11.3 Å². The Labute approximate surface area is 107 Å². The Bertz CT molecular complexity index is 378. The van der Waals surface area contributed by atoms with Gasteiger partial charge in [-0.3, -0.25) is 4.79 Å². The molecule has 5 heteroatoms. The first-order chi connectivity index (χ1) is 7.95. The van der Waals surface area contributed by atoms with Crippen LogP contribution < -0.4 is 11.1 Å². The zero-order chi connectivity index (χ0) is 13.0. The zero-order valence-corrected chi connectivity index (χ0v) is 11.7. The third-order valence-electron chi connectivity index (χ3n) is 2.93. The number of thiazole rings is 1. The lowest BCUT2D eigenvalue weighted by Gasteiger charge is -2.20. The second-order valence-corrected chi connectivity index (χ2v) is 5.72. The lowest BCUT2D eigenvalue weighted by molar-refractivity contribution is -0.124. The van der Waals surface area contributed by atoms with Crippen LogP contribution >= 0.6 is 11.3 Å². The second-order valence-electron chi connectivity index (χ2n) is 4.45. The van der Waals surface area contributed by atoms with Crippen LogP contribution in [0.3, 0.4) is 0 Å². The Morgan fingerprint density at radius 3 is 2.71 bits per heavy atom. The van der Waals surface area contributed by atoms with Crippen LogP contribution in [0.5, 0.6) is 0 Å². The van der Waals surface area contributed by atoms with Crippen molar-refractivity contribution in [3.05, 3.63) is 16.1 Å². The highest BCUT2D eigenvalue weighted by molar-refractivity contribution is 7.11. The number of hydrogen-bond donors (Lipinski definition) is 2. The first kappa shape index (κ1) is 14.1. The average Bonchev–Trinajstić information content (AvgIpc) is 2.73. The highest BCUT2D eigenvalue weighted by Crippen LogP contribution is 2.19. The van der Waals surface area contributed by atoms with Gasteiger partial charge >= 0.3 is 0 Å². The number of aryl methyl sites for hydroxylation is 1. The number of carbonyl (C=O) groups is 1. The van der Waals surface area contributed by atoms with E-state index >= 15 is 0 Å². The van der Waals surface area contributed by atoms with Crippen molar-refractivity contribution in [3.8, 4) is 0 Å². The molecule has 0 saturated carbocycles. The third-order valence-corrected chi connectivity index (χ3v) is 4.02. The van der Waals surface area contributed by atoms with Gasteiger partial charge in [0.1, 0.15) is 5.01 Å². The second kappa shape index (κ2) is 6.12. The predicted molar refractivity (Wildman–Crippen MR) is 70.8 cm³/mol. The highest BCUT2D eigenvalue weighted by Gasteiger charge is 2.21. The molecule has 4 nitrogen and oxygen atoms in total. The number of aromatic nitrogens is 1. The molecule has 0 aliphatic rings. The molecule has 0 aliphatic heterocycles. The van der Waals surface area contributed by atoms with E-state index in [0.29, 0.717) is 0 Å². The Morgan fingerprint density at radius 2 is 2.24 bits per heavy atom. The highest BCUT2D eigenvalue weighted by atomic mass is 32.1. The Hall–Kier alpha value is -0.940. The Morgan fingerprint density at radius 1 is 1.59 bits per heavy atom. The molecule has 0 aromatic carbocycles. The number of rotatable bonds is 5. The number of nitrogens with one attached hydrogen (secondary N) is 1. The van der Waals surface area contributed by atoms with Gasteiger partial charge in [-0.25, -0.2) is 4.98 Å². The standard InChI is InChI=1S/C12H21N3OS/c1-5-7(2)10(13)11(16)15-9(4)12-14-6-8(3)17-12/h6-7,9-10H,5,13H2,1-4H3,(H,15,16)/t7?,9?,10-/m0/s1. The molecule has 0 saturated heterocycles. The van der Waals surface area contributed by atoms with Crippen LogP contribution in [0.15, 0.2) is 6.20 Å². The van der Waals surface area contributed by atoms with Crippen LogP contribution in [0.2, 0.25) is 0 Å². The summed E-state index contributed by atoms with van der Waals surface area (Å²) in [6.07, 6.45) is 2.72. The van der Waals surface area contributed by atoms with Gasteiger partial charge in [0, 0.05) is 11.1 Å². The normalized spacial score (nSPS) is 16.3. The van der Waals surface area contributed by atoms with Crippen molar-refractivity contribution in [1.29, 1.82) is 0 Å². The molecule has 1 heterocycles. The van der Waals surface area contributed by atoms with E-state index in [-0.39, 0.29) is 17.9 Å². The fourth-order valence-corrected chi connectivity index (χ4v) is 2.23. The van der Waals surface area contributed by atoms with E-state index in [1.165, 1.54) is 0 Å². The van der Waals surface area contributed by atoms with Crippen molar-refractivity contribution in [2.75, 3.05) is 0 Å². The zero-order valence-electron chi connectivity index (χ0n) is 10.9. The number of carbonyl (C=O) groups excluding carboxylic acids is 1. The summed E-state index contributed by atoms with van der Waals surface area (Å²) in [5.41, 5.74) is 5.87. The minimum Gasteiger partial charge on any atom is -0.346 e.